The van der Waals surface area contributed by atoms with Crippen LogP contribution in [0.15, 0.2) is 35.3 Å². The number of hydrazine groups is 1. The number of ether oxygens (including phenoxy) is 1. The summed E-state index contributed by atoms with van der Waals surface area (Å²) in [5.74, 6) is -3.49. The third-order valence-electron chi connectivity index (χ3n) is 4.80. The summed E-state index contributed by atoms with van der Waals surface area (Å²) in [5.41, 5.74) is 2.96. The highest BCUT2D eigenvalue weighted by Gasteiger charge is 2.33. The number of nitrogens with one attached hydrogen (secondary N) is 2. The van der Waals surface area contributed by atoms with E-state index in [1.54, 1.807) is 7.05 Å². The first-order valence-electron chi connectivity index (χ1n) is 9.54. The summed E-state index contributed by atoms with van der Waals surface area (Å²) < 4.78 is 19.1. The number of carbonyl (C=O) groups is 3. The third kappa shape index (κ3) is 4.70. The smallest absolute Gasteiger partial charge is 0.277 e. The Morgan fingerprint density at radius 3 is 2.53 bits per heavy atom. The first-order chi connectivity index (χ1) is 15.2. The predicted molar refractivity (Wildman–Crippen MR) is 110 cm³/mol. The molecule has 1 aliphatic heterocycles. The largest absolute Gasteiger partial charge is 0.502 e. The molecule has 3 amide bonds. The molecule has 0 saturated heterocycles. The molecule has 0 radical (unpaired) electrons. The molecule has 11 nitrogen and oxygen atoms in total. The highest BCUT2D eigenvalue weighted by Crippen LogP contribution is 2.20. The van der Waals surface area contributed by atoms with Crippen LogP contribution in [-0.2, 0) is 16.0 Å². The van der Waals surface area contributed by atoms with Crippen molar-refractivity contribution in [3.05, 3.63) is 63.3 Å². The van der Waals surface area contributed by atoms with Gasteiger partial charge in [0.1, 0.15) is 18.0 Å². The van der Waals surface area contributed by atoms with Gasteiger partial charge in [-0.3, -0.25) is 39.7 Å². The maximum absolute atomic E-state index is 12.9. The topological polar surface area (TPSA) is 133 Å². The van der Waals surface area contributed by atoms with Crippen molar-refractivity contribution in [2.45, 2.75) is 6.42 Å². The lowest BCUT2D eigenvalue weighted by Gasteiger charge is -2.37. The molecule has 32 heavy (non-hydrogen) atoms. The third-order valence-corrected chi connectivity index (χ3v) is 4.80. The van der Waals surface area contributed by atoms with Crippen molar-refractivity contribution in [1.29, 1.82) is 0 Å². The number of fused-ring (bicyclic) bond motifs is 1. The van der Waals surface area contributed by atoms with Crippen LogP contribution in [0.25, 0.3) is 0 Å². The number of amides is 3. The number of aromatic hydroxyl groups is 1. The van der Waals surface area contributed by atoms with E-state index in [1.165, 1.54) is 46.0 Å². The summed E-state index contributed by atoms with van der Waals surface area (Å²) in [6.45, 7) is 0.644. The van der Waals surface area contributed by atoms with E-state index in [0.29, 0.717) is 5.56 Å². The Hall–Kier alpha value is -3.93. The molecule has 0 spiro atoms. The van der Waals surface area contributed by atoms with Crippen LogP contribution >= 0.6 is 0 Å². The van der Waals surface area contributed by atoms with E-state index < -0.39 is 40.3 Å². The maximum atomic E-state index is 12.9. The van der Waals surface area contributed by atoms with Crippen molar-refractivity contribution in [2.24, 2.45) is 0 Å². The van der Waals surface area contributed by atoms with Crippen LogP contribution in [0.4, 0.5) is 4.39 Å². The van der Waals surface area contributed by atoms with Gasteiger partial charge >= 0.3 is 0 Å². The average molecular weight is 447 g/mol. The van der Waals surface area contributed by atoms with Crippen molar-refractivity contribution in [2.75, 3.05) is 39.0 Å². The van der Waals surface area contributed by atoms with Gasteiger partial charge in [0.05, 0.1) is 13.0 Å². The SMILES string of the molecule is COCCN1CN(C)n2cc(C(=O)NNC(=O)Cc3ccc(F)cc3)c(=O)c(O)c2C1=O. The number of halogens is 1. The summed E-state index contributed by atoms with van der Waals surface area (Å²) in [7, 11) is 3.09. The maximum Gasteiger partial charge on any atom is 0.277 e. The Labute approximate surface area is 181 Å². The molecule has 170 valence electrons. The van der Waals surface area contributed by atoms with E-state index in [9.17, 15) is 28.7 Å². The average Bonchev–Trinajstić information content (AvgIpc) is 2.77. The highest BCUT2D eigenvalue weighted by atomic mass is 19.1. The van der Waals surface area contributed by atoms with Gasteiger partial charge in [-0.25, -0.2) is 4.39 Å². The molecule has 0 atom stereocenters. The van der Waals surface area contributed by atoms with Crippen LogP contribution in [-0.4, -0.2) is 66.4 Å². The van der Waals surface area contributed by atoms with E-state index in [4.69, 9.17) is 4.74 Å². The molecule has 0 unspecified atom stereocenters. The molecule has 0 fully saturated rings. The number of nitrogens with zero attached hydrogens (tertiary/aromatic N) is 3. The van der Waals surface area contributed by atoms with Crippen LogP contribution < -0.4 is 21.3 Å². The number of carbonyl (C=O) groups excluding carboxylic acids is 3. The minimum atomic E-state index is -1.06. The second-order valence-corrected chi connectivity index (χ2v) is 7.08. The van der Waals surface area contributed by atoms with Crippen LogP contribution in [0.2, 0.25) is 0 Å². The summed E-state index contributed by atoms with van der Waals surface area (Å²) in [4.78, 5) is 51.1. The van der Waals surface area contributed by atoms with E-state index in [-0.39, 0.29) is 31.9 Å². The normalized spacial score (nSPS) is 13.0. The molecule has 3 rings (SSSR count). The van der Waals surface area contributed by atoms with E-state index in [0.717, 1.165) is 6.20 Å². The Morgan fingerprint density at radius 1 is 1.19 bits per heavy atom. The van der Waals surface area contributed by atoms with E-state index in [2.05, 4.69) is 10.9 Å². The van der Waals surface area contributed by atoms with Gasteiger partial charge < -0.3 is 14.7 Å². The summed E-state index contributed by atoms with van der Waals surface area (Å²) in [6, 6.07) is 5.25. The summed E-state index contributed by atoms with van der Waals surface area (Å²) in [6.07, 6.45) is 0.980. The van der Waals surface area contributed by atoms with Crippen LogP contribution in [0.5, 0.6) is 5.75 Å². The molecule has 1 aliphatic rings. The zero-order chi connectivity index (χ0) is 23.4. The zero-order valence-corrected chi connectivity index (χ0v) is 17.4. The van der Waals surface area contributed by atoms with Crippen molar-refractivity contribution in [3.63, 3.8) is 0 Å². The fraction of sp³-hybridized carbons (Fsp3) is 0.300. The van der Waals surface area contributed by atoms with Gasteiger partial charge in [0.25, 0.3) is 11.8 Å². The molecule has 0 bridgehead atoms. The summed E-state index contributed by atoms with van der Waals surface area (Å²) in [5, 5.41) is 11.9. The molecule has 1 aromatic heterocycles. The fourth-order valence-corrected chi connectivity index (χ4v) is 3.15. The molecular formula is C20H22FN5O6. The van der Waals surface area contributed by atoms with Crippen LogP contribution in [0, 0.1) is 5.82 Å². The minimum Gasteiger partial charge on any atom is -0.502 e. The standard InChI is InChI=1S/C20H22FN5O6/c1-24-11-25(7-8-32-2)20(31)16-18(29)17(28)14(10-26(16)24)19(30)23-22-15(27)9-12-3-5-13(21)6-4-12/h3-6,10,29H,7-9,11H2,1-2H3,(H,22,27)(H,23,30). The van der Waals surface area contributed by atoms with E-state index in [1.807, 2.05) is 0 Å². The van der Waals surface area contributed by atoms with Crippen LogP contribution in [0.3, 0.4) is 0 Å². The van der Waals surface area contributed by atoms with Gasteiger partial charge in [0, 0.05) is 26.9 Å². The molecule has 1 aromatic carbocycles. The van der Waals surface area contributed by atoms with Gasteiger partial charge in [0.15, 0.2) is 11.4 Å². The molecule has 0 saturated carbocycles. The van der Waals surface area contributed by atoms with E-state index >= 15 is 0 Å². The Morgan fingerprint density at radius 2 is 1.88 bits per heavy atom. The molecular weight excluding hydrogens is 425 g/mol. The van der Waals surface area contributed by atoms with Gasteiger partial charge in [-0.15, -0.1) is 0 Å². The van der Waals surface area contributed by atoms with Crippen LogP contribution in [0.1, 0.15) is 26.4 Å². The lowest BCUT2D eigenvalue weighted by Crippen LogP contribution is -2.53. The lowest BCUT2D eigenvalue weighted by atomic mass is 10.1. The monoisotopic (exact) mass is 447 g/mol. The van der Waals surface area contributed by atoms with Crippen molar-refractivity contribution >= 4 is 17.7 Å². The molecule has 12 heteroatoms. The summed E-state index contributed by atoms with van der Waals surface area (Å²) >= 11 is 0. The van der Waals surface area contributed by atoms with Gasteiger partial charge in [0.2, 0.25) is 11.3 Å². The number of pyridine rings is 1. The second-order valence-electron chi connectivity index (χ2n) is 7.08. The van der Waals surface area contributed by atoms with Gasteiger partial charge in [-0.05, 0) is 17.7 Å². The van der Waals surface area contributed by atoms with Gasteiger partial charge in [-0.1, -0.05) is 12.1 Å². The highest BCUT2D eigenvalue weighted by molar-refractivity contribution is 5.99. The Balaban J connectivity index is 1.75. The number of rotatable bonds is 6. The number of methoxy groups -OCH3 is 1. The number of aromatic nitrogens is 1. The minimum absolute atomic E-state index is 0.132. The van der Waals surface area contributed by atoms with Crippen molar-refractivity contribution in [3.8, 4) is 5.75 Å². The molecule has 2 heterocycles. The molecule has 2 aromatic rings. The predicted octanol–water partition coefficient (Wildman–Crippen LogP) is -0.676. The number of hydrogen-bond acceptors (Lipinski definition) is 7. The van der Waals surface area contributed by atoms with Crippen molar-refractivity contribution < 1.29 is 28.6 Å². The number of hydrogen-bond donors (Lipinski definition) is 3. The number of benzene rings is 1. The quantitative estimate of drug-likeness (QED) is 0.500. The lowest BCUT2D eigenvalue weighted by molar-refractivity contribution is -0.121. The second kappa shape index (κ2) is 9.47. The molecule has 0 aliphatic carbocycles. The fourth-order valence-electron chi connectivity index (χ4n) is 3.15. The first-order valence-corrected chi connectivity index (χ1v) is 9.54. The first kappa shape index (κ1) is 22.7. The molecule has 3 N–H and O–H groups in total. The Kier molecular flexibility index (Phi) is 6.73. The zero-order valence-electron chi connectivity index (χ0n) is 17.4. The van der Waals surface area contributed by atoms with Crippen molar-refractivity contribution in [1.82, 2.24) is 20.4 Å². The Bertz CT molecular complexity index is 1100. The van der Waals surface area contributed by atoms with Gasteiger partial charge in [-0.2, -0.15) is 0 Å².